The third kappa shape index (κ3) is 5.04. The molecular formula is C15H19FN2O4S. The number of sulfonamides is 1. The Balaban J connectivity index is 2.04. The van der Waals surface area contributed by atoms with E-state index in [0.717, 1.165) is 5.41 Å². The molecule has 2 N–H and O–H groups in total. The molecule has 2 rings (SSSR count). The van der Waals surface area contributed by atoms with E-state index in [9.17, 15) is 22.7 Å². The molecule has 0 spiro atoms. The van der Waals surface area contributed by atoms with Gasteiger partial charge in [0.15, 0.2) is 0 Å². The van der Waals surface area contributed by atoms with Crippen molar-refractivity contribution in [3.63, 3.8) is 0 Å². The number of nitrogens with one attached hydrogen (secondary N) is 1. The van der Waals surface area contributed by atoms with Gasteiger partial charge in [0.25, 0.3) is 10.0 Å². The Morgan fingerprint density at radius 2 is 1.87 bits per heavy atom. The summed E-state index contributed by atoms with van der Waals surface area (Å²) >= 11 is 0. The lowest BCUT2D eigenvalue weighted by atomic mass is 10.1. The molecule has 0 unspecified atom stereocenters. The number of nitrogens with zero attached hydrogens (tertiary/aromatic N) is 1. The number of carbonyl (C=O) groups is 1. The van der Waals surface area contributed by atoms with Gasteiger partial charge in [-0.3, -0.25) is 0 Å². The van der Waals surface area contributed by atoms with Crippen LogP contribution in [-0.4, -0.2) is 43.6 Å². The fourth-order valence-corrected chi connectivity index (χ4v) is 3.33. The Kier molecular flexibility index (Phi) is 5.38. The van der Waals surface area contributed by atoms with Crippen LogP contribution in [0.3, 0.4) is 0 Å². The van der Waals surface area contributed by atoms with Crippen molar-refractivity contribution >= 4 is 21.6 Å². The Bertz CT molecular complexity index is 693. The maximum absolute atomic E-state index is 12.9. The van der Waals surface area contributed by atoms with Crippen molar-refractivity contribution in [3.8, 4) is 0 Å². The maximum atomic E-state index is 12.9. The topological polar surface area (TPSA) is 86.7 Å². The van der Waals surface area contributed by atoms with Crippen LogP contribution in [0.2, 0.25) is 0 Å². The standard InChI is InChI=1S/C15H19FN2O4S/c1-11(12-2-4-13(16)5-3-12)10-23(21,22)17-15(20)18-8-6-14(19)7-9-18/h2-5,10,14,19H,6-9H2,1H3,(H,17,20)/b11-10+. The SMILES string of the molecule is C/C(=C\S(=O)(=O)NC(=O)N1CCC(O)CC1)c1ccc(F)cc1. The van der Waals surface area contributed by atoms with Crippen LogP contribution in [-0.2, 0) is 10.0 Å². The quantitative estimate of drug-likeness (QED) is 0.875. The second-order valence-corrected chi connectivity index (χ2v) is 7.01. The van der Waals surface area contributed by atoms with Crippen molar-refractivity contribution < 1.29 is 22.7 Å². The van der Waals surface area contributed by atoms with E-state index in [4.69, 9.17) is 0 Å². The molecule has 0 aliphatic carbocycles. The average Bonchev–Trinajstić information content (AvgIpc) is 2.47. The van der Waals surface area contributed by atoms with Gasteiger partial charge < -0.3 is 10.0 Å². The molecule has 1 aromatic rings. The van der Waals surface area contributed by atoms with Gasteiger partial charge in [-0.15, -0.1) is 0 Å². The second kappa shape index (κ2) is 7.10. The molecule has 0 radical (unpaired) electrons. The van der Waals surface area contributed by atoms with E-state index < -0.39 is 28.0 Å². The number of amides is 2. The molecule has 126 valence electrons. The number of aliphatic hydroxyl groups is 1. The molecule has 1 aromatic carbocycles. The van der Waals surface area contributed by atoms with E-state index in [1.54, 1.807) is 6.92 Å². The van der Waals surface area contributed by atoms with E-state index in [-0.39, 0.29) is 0 Å². The highest BCUT2D eigenvalue weighted by molar-refractivity contribution is 7.93. The van der Waals surface area contributed by atoms with Crippen LogP contribution in [0, 0.1) is 5.82 Å². The van der Waals surface area contributed by atoms with Crippen molar-refractivity contribution in [1.29, 1.82) is 0 Å². The van der Waals surface area contributed by atoms with Crippen LogP contribution < -0.4 is 4.72 Å². The largest absolute Gasteiger partial charge is 0.393 e. The summed E-state index contributed by atoms with van der Waals surface area (Å²) in [6.07, 6.45) is 0.409. The minimum absolute atomic E-state index is 0.309. The summed E-state index contributed by atoms with van der Waals surface area (Å²) in [4.78, 5) is 13.3. The minimum atomic E-state index is -3.96. The van der Waals surface area contributed by atoms with Gasteiger partial charge in [-0.1, -0.05) is 12.1 Å². The first kappa shape index (κ1) is 17.4. The number of carbonyl (C=O) groups excluding carboxylic acids is 1. The zero-order valence-electron chi connectivity index (χ0n) is 12.7. The molecule has 23 heavy (non-hydrogen) atoms. The van der Waals surface area contributed by atoms with E-state index in [2.05, 4.69) is 0 Å². The number of benzene rings is 1. The number of urea groups is 1. The molecule has 1 aliphatic rings. The molecule has 2 amide bonds. The fraction of sp³-hybridized carbons (Fsp3) is 0.400. The van der Waals surface area contributed by atoms with Crippen molar-refractivity contribution in [1.82, 2.24) is 9.62 Å². The lowest BCUT2D eigenvalue weighted by Crippen LogP contribution is -2.46. The zero-order chi connectivity index (χ0) is 17.0. The summed E-state index contributed by atoms with van der Waals surface area (Å²) in [7, 11) is -3.96. The predicted octanol–water partition coefficient (Wildman–Crippen LogP) is 1.68. The summed E-state index contributed by atoms with van der Waals surface area (Å²) in [6, 6.07) is 4.68. The molecule has 8 heteroatoms. The predicted molar refractivity (Wildman–Crippen MR) is 84.3 cm³/mol. The lowest BCUT2D eigenvalue weighted by molar-refractivity contribution is 0.0952. The van der Waals surface area contributed by atoms with Crippen LogP contribution in [0.1, 0.15) is 25.3 Å². The van der Waals surface area contributed by atoms with Crippen molar-refractivity contribution in [3.05, 3.63) is 41.1 Å². The van der Waals surface area contributed by atoms with Crippen LogP contribution in [0.15, 0.2) is 29.7 Å². The van der Waals surface area contributed by atoms with Crippen molar-refractivity contribution in [2.24, 2.45) is 0 Å². The molecule has 1 aliphatic heterocycles. The number of hydrogen-bond acceptors (Lipinski definition) is 4. The number of hydrogen-bond donors (Lipinski definition) is 2. The number of aliphatic hydroxyl groups excluding tert-OH is 1. The number of rotatable bonds is 3. The van der Waals surface area contributed by atoms with E-state index in [1.165, 1.54) is 29.2 Å². The van der Waals surface area contributed by atoms with Gasteiger partial charge in [-0.25, -0.2) is 22.3 Å². The highest BCUT2D eigenvalue weighted by Gasteiger charge is 2.23. The first-order valence-electron chi connectivity index (χ1n) is 7.21. The fourth-order valence-electron chi connectivity index (χ4n) is 2.30. The highest BCUT2D eigenvalue weighted by atomic mass is 32.2. The van der Waals surface area contributed by atoms with Gasteiger partial charge in [0.2, 0.25) is 0 Å². The molecule has 1 saturated heterocycles. The number of piperidine rings is 1. The second-order valence-electron chi connectivity index (χ2n) is 5.48. The molecule has 0 aromatic heterocycles. The van der Waals surface area contributed by atoms with E-state index in [0.29, 0.717) is 37.1 Å². The highest BCUT2D eigenvalue weighted by Crippen LogP contribution is 2.16. The molecule has 1 heterocycles. The lowest BCUT2D eigenvalue weighted by Gasteiger charge is -2.29. The zero-order valence-corrected chi connectivity index (χ0v) is 13.5. The van der Waals surface area contributed by atoms with E-state index in [1.807, 2.05) is 4.72 Å². The monoisotopic (exact) mass is 342 g/mol. The first-order valence-corrected chi connectivity index (χ1v) is 8.75. The normalized spacial score (nSPS) is 17.2. The minimum Gasteiger partial charge on any atom is -0.393 e. The van der Waals surface area contributed by atoms with Gasteiger partial charge in [-0.2, -0.15) is 0 Å². The molecular weight excluding hydrogens is 323 g/mol. The Labute approximate surface area is 134 Å². The van der Waals surface area contributed by atoms with Crippen LogP contribution >= 0.6 is 0 Å². The van der Waals surface area contributed by atoms with E-state index >= 15 is 0 Å². The van der Waals surface area contributed by atoms with Gasteiger partial charge in [0, 0.05) is 13.1 Å². The van der Waals surface area contributed by atoms with Crippen LogP contribution in [0.25, 0.3) is 5.57 Å². The third-order valence-electron chi connectivity index (χ3n) is 3.61. The molecule has 0 bridgehead atoms. The number of allylic oxidation sites excluding steroid dienone is 1. The number of halogens is 1. The Morgan fingerprint density at radius 3 is 2.43 bits per heavy atom. The van der Waals surface area contributed by atoms with Crippen LogP contribution in [0.5, 0.6) is 0 Å². The van der Waals surface area contributed by atoms with Gasteiger partial charge >= 0.3 is 6.03 Å². The third-order valence-corrected chi connectivity index (χ3v) is 4.74. The van der Waals surface area contributed by atoms with Gasteiger partial charge in [0.05, 0.1) is 11.5 Å². The Morgan fingerprint density at radius 1 is 1.30 bits per heavy atom. The molecule has 1 fully saturated rings. The summed E-state index contributed by atoms with van der Waals surface area (Å²) in [5.41, 5.74) is 0.935. The van der Waals surface area contributed by atoms with Gasteiger partial charge in [-0.05, 0) is 43.0 Å². The summed E-state index contributed by atoms with van der Waals surface area (Å²) in [5.74, 6) is -0.412. The summed E-state index contributed by atoms with van der Waals surface area (Å²) in [6.45, 7) is 2.18. The summed E-state index contributed by atoms with van der Waals surface area (Å²) in [5, 5.41) is 10.3. The first-order chi connectivity index (χ1) is 10.8. The van der Waals surface area contributed by atoms with Crippen LogP contribution in [0.4, 0.5) is 9.18 Å². The molecule has 0 atom stereocenters. The number of likely N-dealkylation sites (tertiary alicyclic amines) is 1. The average molecular weight is 342 g/mol. The van der Waals surface area contributed by atoms with Crippen molar-refractivity contribution in [2.45, 2.75) is 25.9 Å². The van der Waals surface area contributed by atoms with Gasteiger partial charge in [0.1, 0.15) is 5.82 Å². The van der Waals surface area contributed by atoms with Crippen molar-refractivity contribution in [2.75, 3.05) is 13.1 Å². The smallest absolute Gasteiger partial charge is 0.331 e. The summed E-state index contributed by atoms with van der Waals surface area (Å²) < 4.78 is 38.9. The maximum Gasteiger partial charge on any atom is 0.331 e. The molecule has 6 nitrogen and oxygen atoms in total. The Hall–Kier alpha value is -1.93. The molecule has 0 saturated carbocycles.